The van der Waals surface area contributed by atoms with Gasteiger partial charge in [0.15, 0.2) is 0 Å². The Morgan fingerprint density at radius 1 is 0.878 bits per heavy atom. The van der Waals surface area contributed by atoms with E-state index in [2.05, 4.69) is 5.32 Å². The number of hydrogen-bond donors (Lipinski definition) is 1. The van der Waals surface area contributed by atoms with Crippen molar-refractivity contribution in [1.29, 1.82) is 0 Å². The van der Waals surface area contributed by atoms with E-state index in [1.165, 1.54) is 36.3 Å². The third-order valence-electron chi connectivity index (χ3n) is 7.60. The number of methoxy groups -OCH3 is 1. The van der Waals surface area contributed by atoms with Crippen molar-refractivity contribution in [1.82, 2.24) is 10.2 Å². The average molecular weight is 716 g/mol. The van der Waals surface area contributed by atoms with Gasteiger partial charge in [0.1, 0.15) is 18.3 Å². The number of alkyl halides is 3. The van der Waals surface area contributed by atoms with Crippen LogP contribution in [-0.2, 0) is 38.8 Å². The number of rotatable bonds is 14. The Morgan fingerprint density at radius 3 is 2.12 bits per heavy atom. The molecule has 0 heterocycles. The van der Waals surface area contributed by atoms with Gasteiger partial charge >= 0.3 is 6.18 Å². The molecule has 0 aromatic heterocycles. The molecule has 0 saturated heterocycles. The van der Waals surface area contributed by atoms with Crippen molar-refractivity contribution in [3.8, 4) is 5.75 Å². The zero-order valence-electron chi connectivity index (χ0n) is 27.2. The van der Waals surface area contributed by atoms with E-state index in [0.717, 1.165) is 17.7 Å². The lowest BCUT2D eigenvalue weighted by atomic mass is 10.0. The molecule has 0 fully saturated rings. The molecule has 49 heavy (non-hydrogen) atoms. The van der Waals surface area contributed by atoms with Crippen LogP contribution in [0.3, 0.4) is 0 Å². The molecule has 0 aliphatic rings. The Kier molecular flexibility index (Phi) is 12.3. The molecule has 1 N–H and O–H groups in total. The molecule has 4 rings (SSSR count). The van der Waals surface area contributed by atoms with Gasteiger partial charge in [-0.25, -0.2) is 8.42 Å². The van der Waals surface area contributed by atoms with E-state index in [4.69, 9.17) is 16.3 Å². The zero-order valence-corrected chi connectivity index (χ0v) is 28.7. The minimum absolute atomic E-state index is 0.0745. The van der Waals surface area contributed by atoms with Crippen LogP contribution in [0.1, 0.15) is 30.5 Å². The number of ether oxygens (including phenoxy) is 1. The maximum atomic E-state index is 14.5. The predicted octanol–water partition coefficient (Wildman–Crippen LogP) is 6.98. The minimum atomic E-state index is -4.91. The minimum Gasteiger partial charge on any atom is -0.497 e. The SMILES string of the molecule is COc1cccc(CN(C(=O)CN(c2ccc(Cl)c(C(F)(F)F)c2)S(=O)(=O)c2ccccc2)C(Cc2ccccc2)C(=O)NCC(C)C)c1. The van der Waals surface area contributed by atoms with E-state index < -0.39 is 56.9 Å². The first-order valence-corrected chi connectivity index (χ1v) is 17.2. The monoisotopic (exact) mass is 715 g/mol. The normalized spacial score (nSPS) is 12.3. The van der Waals surface area contributed by atoms with E-state index in [1.807, 2.05) is 19.9 Å². The molecule has 0 bridgehead atoms. The van der Waals surface area contributed by atoms with Crippen LogP contribution < -0.4 is 14.4 Å². The lowest BCUT2D eigenvalue weighted by Gasteiger charge is -2.34. The van der Waals surface area contributed by atoms with Crippen LogP contribution in [-0.4, -0.2) is 51.4 Å². The van der Waals surface area contributed by atoms with Gasteiger partial charge in [0.2, 0.25) is 11.8 Å². The van der Waals surface area contributed by atoms with Gasteiger partial charge in [-0.1, -0.05) is 86.1 Å². The lowest BCUT2D eigenvalue weighted by Crippen LogP contribution is -2.53. The number of halogens is 4. The Labute approximate surface area is 289 Å². The Morgan fingerprint density at radius 2 is 1.51 bits per heavy atom. The van der Waals surface area contributed by atoms with Crippen molar-refractivity contribution in [2.75, 3.05) is 24.5 Å². The summed E-state index contributed by atoms with van der Waals surface area (Å²) in [7, 11) is -3.13. The number of nitrogens with zero attached hydrogens (tertiary/aromatic N) is 2. The maximum absolute atomic E-state index is 14.5. The fourth-order valence-electron chi connectivity index (χ4n) is 5.08. The van der Waals surface area contributed by atoms with Crippen LogP contribution >= 0.6 is 11.6 Å². The van der Waals surface area contributed by atoms with E-state index in [9.17, 15) is 31.2 Å². The number of anilines is 1. The van der Waals surface area contributed by atoms with E-state index >= 15 is 0 Å². The average Bonchev–Trinajstić information content (AvgIpc) is 3.08. The summed E-state index contributed by atoms with van der Waals surface area (Å²) in [6.45, 7) is 3.07. The molecule has 0 aliphatic heterocycles. The van der Waals surface area contributed by atoms with Crippen molar-refractivity contribution in [3.63, 3.8) is 0 Å². The molecule has 4 aromatic carbocycles. The highest BCUT2D eigenvalue weighted by Gasteiger charge is 2.37. The number of carbonyl (C=O) groups excluding carboxylic acids is 2. The number of nitrogens with one attached hydrogen (secondary N) is 1. The van der Waals surface area contributed by atoms with Gasteiger partial charge in [-0.2, -0.15) is 13.2 Å². The van der Waals surface area contributed by atoms with Gasteiger partial charge in [0.05, 0.1) is 28.3 Å². The van der Waals surface area contributed by atoms with Crippen molar-refractivity contribution >= 4 is 39.1 Å². The van der Waals surface area contributed by atoms with Gasteiger partial charge < -0.3 is 15.0 Å². The molecule has 0 aliphatic carbocycles. The molecule has 0 saturated carbocycles. The quantitative estimate of drug-likeness (QED) is 0.152. The summed E-state index contributed by atoms with van der Waals surface area (Å²) in [6, 6.07) is 24.4. The van der Waals surface area contributed by atoms with Gasteiger partial charge in [-0.05, 0) is 59.5 Å². The molecule has 260 valence electrons. The molecular weight excluding hydrogens is 679 g/mol. The van der Waals surface area contributed by atoms with Crippen LogP contribution in [0.4, 0.5) is 18.9 Å². The molecule has 1 unspecified atom stereocenters. The molecule has 0 radical (unpaired) electrons. The Hall–Kier alpha value is -4.55. The molecule has 8 nitrogen and oxygen atoms in total. The first-order chi connectivity index (χ1) is 23.2. The van der Waals surface area contributed by atoms with E-state index in [0.29, 0.717) is 28.2 Å². The van der Waals surface area contributed by atoms with Gasteiger partial charge in [0.25, 0.3) is 10.0 Å². The van der Waals surface area contributed by atoms with Crippen LogP contribution in [0.25, 0.3) is 0 Å². The fraction of sp³-hybridized carbons (Fsp3) is 0.278. The smallest absolute Gasteiger partial charge is 0.417 e. The molecule has 2 amide bonds. The third kappa shape index (κ3) is 9.76. The number of hydrogen-bond acceptors (Lipinski definition) is 5. The summed E-state index contributed by atoms with van der Waals surface area (Å²) >= 11 is 5.88. The second-order valence-electron chi connectivity index (χ2n) is 11.7. The number of carbonyl (C=O) groups is 2. The van der Waals surface area contributed by atoms with Crippen molar-refractivity contribution in [2.45, 2.75) is 43.9 Å². The highest BCUT2D eigenvalue weighted by atomic mass is 35.5. The second-order valence-corrected chi connectivity index (χ2v) is 14.0. The van der Waals surface area contributed by atoms with Crippen LogP contribution in [0, 0.1) is 5.92 Å². The first-order valence-electron chi connectivity index (χ1n) is 15.4. The van der Waals surface area contributed by atoms with Gasteiger partial charge in [-0.15, -0.1) is 0 Å². The summed E-state index contributed by atoms with van der Waals surface area (Å²) < 4.78 is 76.0. The van der Waals surface area contributed by atoms with E-state index in [1.54, 1.807) is 54.6 Å². The summed E-state index contributed by atoms with van der Waals surface area (Å²) in [5.41, 5.74) is -0.391. The Bertz CT molecular complexity index is 1840. The summed E-state index contributed by atoms with van der Waals surface area (Å²) in [6.07, 6.45) is -4.84. The fourth-order valence-corrected chi connectivity index (χ4v) is 6.73. The second kappa shape index (κ2) is 16.2. The summed E-state index contributed by atoms with van der Waals surface area (Å²) in [5, 5.41) is 2.25. The Balaban J connectivity index is 1.86. The van der Waals surface area contributed by atoms with Gasteiger partial charge in [-0.3, -0.25) is 13.9 Å². The maximum Gasteiger partial charge on any atom is 0.417 e. The molecule has 13 heteroatoms. The predicted molar refractivity (Wildman–Crippen MR) is 183 cm³/mol. The van der Waals surface area contributed by atoms with Crippen LogP contribution in [0.15, 0.2) is 108 Å². The molecular formula is C36H37ClF3N3O5S. The third-order valence-corrected chi connectivity index (χ3v) is 9.71. The molecule has 0 spiro atoms. The van der Waals surface area contributed by atoms with Crippen molar-refractivity contribution in [2.24, 2.45) is 5.92 Å². The summed E-state index contributed by atoms with van der Waals surface area (Å²) in [5.74, 6) is -0.727. The first kappa shape index (κ1) is 37.3. The molecule has 4 aromatic rings. The van der Waals surface area contributed by atoms with Crippen molar-refractivity contribution in [3.05, 3.63) is 125 Å². The highest BCUT2D eigenvalue weighted by molar-refractivity contribution is 7.92. The zero-order chi connectivity index (χ0) is 35.8. The number of benzene rings is 4. The van der Waals surface area contributed by atoms with E-state index in [-0.39, 0.29) is 23.8 Å². The number of sulfonamides is 1. The lowest BCUT2D eigenvalue weighted by molar-refractivity contribution is -0.140. The highest BCUT2D eigenvalue weighted by Crippen LogP contribution is 2.38. The van der Waals surface area contributed by atoms with Crippen LogP contribution in [0.5, 0.6) is 5.75 Å². The number of amides is 2. The standard InChI is InChI=1S/C36H37ClF3N3O5S/c1-25(2)22-41-35(45)33(20-26-11-6-4-7-12-26)42(23-27-13-10-14-29(19-27)48-3)34(44)24-43(49(46,47)30-15-8-5-9-16-30)28-17-18-32(37)31(21-28)36(38,39)40/h4-19,21,25,33H,20,22-24H2,1-3H3,(H,41,45). The topological polar surface area (TPSA) is 96.0 Å². The summed E-state index contributed by atoms with van der Waals surface area (Å²) in [4.78, 5) is 29.4. The molecule has 1 atom stereocenters. The largest absolute Gasteiger partial charge is 0.497 e. The van der Waals surface area contributed by atoms with Gasteiger partial charge in [0, 0.05) is 19.5 Å². The van der Waals surface area contributed by atoms with Crippen LogP contribution in [0.2, 0.25) is 5.02 Å². The van der Waals surface area contributed by atoms with Crippen molar-refractivity contribution < 1.29 is 35.9 Å².